The van der Waals surface area contributed by atoms with E-state index in [-0.39, 0.29) is 5.82 Å². The van der Waals surface area contributed by atoms with E-state index in [1.807, 2.05) is 6.07 Å². The van der Waals surface area contributed by atoms with Crippen molar-refractivity contribution >= 4 is 5.71 Å². The molecule has 62 valence electrons. The predicted octanol–water partition coefficient (Wildman–Crippen LogP) is 1.52. The molecular weight excluding hydrogens is 155 g/mol. The van der Waals surface area contributed by atoms with Gasteiger partial charge in [-0.3, -0.25) is 0 Å². The second kappa shape index (κ2) is 2.93. The first-order valence-electron chi connectivity index (χ1n) is 3.91. The second-order valence-electron chi connectivity index (χ2n) is 2.73. The fourth-order valence-corrected chi connectivity index (χ4v) is 1.26. The van der Waals surface area contributed by atoms with E-state index < -0.39 is 0 Å². The molecule has 0 bridgehead atoms. The highest BCUT2D eigenvalue weighted by molar-refractivity contribution is 6.01. The summed E-state index contributed by atoms with van der Waals surface area (Å²) in [5.74, 6) is -0.206. The van der Waals surface area contributed by atoms with Gasteiger partial charge in [-0.15, -0.1) is 0 Å². The molecule has 2 nitrogen and oxygen atoms in total. The van der Waals surface area contributed by atoms with Crippen molar-refractivity contribution in [1.29, 1.82) is 0 Å². The van der Waals surface area contributed by atoms with E-state index in [0.717, 1.165) is 24.2 Å². The first-order valence-corrected chi connectivity index (χ1v) is 3.91. The molecule has 1 N–H and O–H groups in total. The highest BCUT2D eigenvalue weighted by Gasteiger charge is 2.08. The zero-order chi connectivity index (χ0) is 8.39. The number of nitrogens with one attached hydrogen (secondary N) is 1. The van der Waals surface area contributed by atoms with Crippen LogP contribution >= 0.6 is 0 Å². The van der Waals surface area contributed by atoms with Gasteiger partial charge in [0.1, 0.15) is 5.82 Å². The van der Waals surface area contributed by atoms with Crippen LogP contribution in [-0.2, 0) is 0 Å². The van der Waals surface area contributed by atoms with E-state index in [2.05, 4.69) is 10.5 Å². The molecule has 0 fully saturated rings. The van der Waals surface area contributed by atoms with Gasteiger partial charge >= 0.3 is 0 Å². The molecule has 0 aliphatic carbocycles. The molecule has 0 amide bonds. The van der Waals surface area contributed by atoms with Gasteiger partial charge in [0.05, 0.1) is 5.71 Å². The van der Waals surface area contributed by atoms with Gasteiger partial charge in [-0.1, -0.05) is 12.1 Å². The number of hydrogen-bond acceptors (Lipinski definition) is 2. The third-order valence-electron chi connectivity index (χ3n) is 1.85. The molecule has 0 radical (unpaired) electrons. The number of hydrazone groups is 1. The summed E-state index contributed by atoms with van der Waals surface area (Å²) in [6.45, 7) is 0.853. The topological polar surface area (TPSA) is 24.4 Å². The number of rotatable bonds is 1. The van der Waals surface area contributed by atoms with E-state index in [1.54, 1.807) is 6.07 Å². The average molecular weight is 164 g/mol. The van der Waals surface area contributed by atoms with Crippen LogP contribution in [0.3, 0.4) is 0 Å². The largest absolute Gasteiger partial charge is 0.309 e. The highest BCUT2D eigenvalue weighted by atomic mass is 19.1. The normalized spacial score (nSPS) is 15.6. The first kappa shape index (κ1) is 7.28. The summed E-state index contributed by atoms with van der Waals surface area (Å²) >= 11 is 0. The molecule has 0 unspecified atom stereocenters. The molecule has 1 aliphatic heterocycles. The zero-order valence-electron chi connectivity index (χ0n) is 6.55. The molecule has 1 heterocycles. The van der Waals surface area contributed by atoms with Crippen molar-refractivity contribution in [2.24, 2.45) is 5.10 Å². The molecule has 1 aliphatic rings. The van der Waals surface area contributed by atoms with Crippen molar-refractivity contribution in [1.82, 2.24) is 5.43 Å². The van der Waals surface area contributed by atoms with Crippen molar-refractivity contribution < 1.29 is 4.39 Å². The average Bonchev–Trinajstić information content (AvgIpc) is 2.56. The Balaban J connectivity index is 2.33. The molecule has 1 aromatic carbocycles. The predicted molar refractivity (Wildman–Crippen MR) is 45.6 cm³/mol. The van der Waals surface area contributed by atoms with Crippen molar-refractivity contribution in [3.8, 4) is 0 Å². The van der Waals surface area contributed by atoms with Crippen LogP contribution in [0.1, 0.15) is 12.0 Å². The molecule has 2 rings (SSSR count). The maximum Gasteiger partial charge on any atom is 0.123 e. The van der Waals surface area contributed by atoms with Gasteiger partial charge in [0.25, 0.3) is 0 Å². The van der Waals surface area contributed by atoms with E-state index in [1.165, 1.54) is 12.1 Å². The molecule has 0 spiro atoms. The zero-order valence-corrected chi connectivity index (χ0v) is 6.55. The Morgan fingerprint density at radius 1 is 1.42 bits per heavy atom. The lowest BCUT2D eigenvalue weighted by Gasteiger charge is -1.97. The lowest BCUT2D eigenvalue weighted by molar-refractivity contribution is 0.627. The Morgan fingerprint density at radius 3 is 3.00 bits per heavy atom. The Bertz CT molecular complexity index is 320. The van der Waals surface area contributed by atoms with Crippen LogP contribution in [0.15, 0.2) is 29.4 Å². The van der Waals surface area contributed by atoms with Crippen molar-refractivity contribution in [3.63, 3.8) is 0 Å². The van der Waals surface area contributed by atoms with Crippen LogP contribution < -0.4 is 5.43 Å². The van der Waals surface area contributed by atoms with Crippen LogP contribution in [0, 0.1) is 5.82 Å². The maximum atomic E-state index is 12.7. The Hall–Kier alpha value is -1.38. The summed E-state index contributed by atoms with van der Waals surface area (Å²) in [5, 5.41) is 4.05. The van der Waals surface area contributed by atoms with Crippen LogP contribution in [0.2, 0.25) is 0 Å². The second-order valence-corrected chi connectivity index (χ2v) is 2.73. The van der Waals surface area contributed by atoms with Crippen LogP contribution in [0.25, 0.3) is 0 Å². The molecule has 1 aromatic rings. The standard InChI is InChI=1S/C9H9FN2/c10-8-3-1-2-7(6-8)9-4-5-11-12-9/h1-3,6,11H,4-5H2. The minimum atomic E-state index is -0.206. The van der Waals surface area contributed by atoms with Gasteiger partial charge in [-0.05, 0) is 12.1 Å². The smallest absolute Gasteiger partial charge is 0.123 e. The lowest BCUT2D eigenvalue weighted by Crippen LogP contribution is -1.98. The summed E-state index contributed by atoms with van der Waals surface area (Å²) in [6, 6.07) is 6.51. The first-order chi connectivity index (χ1) is 5.86. The number of benzene rings is 1. The summed E-state index contributed by atoms with van der Waals surface area (Å²) in [4.78, 5) is 0. The summed E-state index contributed by atoms with van der Waals surface area (Å²) in [5.41, 5.74) is 4.67. The van der Waals surface area contributed by atoms with E-state index >= 15 is 0 Å². The SMILES string of the molecule is Fc1cccc(C2=NNCC2)c1. The molecule has 0 aromatic heterocycles. The van der Waals surface area contributed by atoms with E-state index in [9.17, 15) is 4.39 Å². The minimum absolute atomic E-state index is 0.206. The molecule has 0 saturated heterocycles. The highest BCUT2D eigenvalue weighted by Crippen LogP contribution is 2.09. The van der Waals surface area contributed by atoms with Gasteiger partial charge in [-0.25, -0.2) is 4.39 Å². The third-order valence-corrected chi connectivity index (χ3v) is 1.85. The number of hydrogen-bond donors (Lipinski definition) is 1. The maximum absolute atomic E-state index is 12.7. The molecular formula is C9H9FN2. The van der Waals surface area contributed by atoms with Gasteiger partial charge in [0.15, 0.2) is 0 Å². The summed E-state index contributed by atoms with van der Waals surface area (Å²) < 4.78 is 12.7. The monoisotopic (exact) mass is 164 g/mol. The van der Waals surface area contributed by atoms with Gasteiger partial charge in [-0.2, -0.15) is 5.10 Å². The number of nitrogens with zero attached hydrogens (tertiary/aromatic N) is 1. The summed E-state index contributed by atoms with van der Waals surface area (Å²) in [6.07, 6.45) is 0.878. The van der Waals surface area contributed by atoms with Gasteiger partial charge < -0.3 is 5.43 Å². The lowest BCUT2D eigenvalue weighted by atomic mass is 10.1. The minimum Gasteiger partial charge on any atom is -0.309 e. The van der Waals surface area contributed by atoms with Gasteiger partial charge in [0.2, 0.25) is 0 Å². The fraction of sp³-hybridized carbons (Fsp3) is 0.222. The quantitative estimate of drug-likeness (QED) is 0.668. The van der Waals surface area contributed by atoms with Gasteiger partial charge in [0, 0.05) is 18.5 Å². The van der Waals surface area contributed by atoms with Crippen molar-refractivity contribution in [2.75, 3.05) is 6.54 Å². The molecule has 12 heavy (non-hydrogen) atoms. The van der Waals surface area contributed by atoms with Crippen LogP contribution in [0.4, 0.5) is 4.39 Å². The van der Waals surface area contributed by atoms with Crippen LogP contribution in [-0.4, -0.2) is 12.3 Å². The Kier molecular flexibility index (Phi) is 1.78. The molecule has 3 heteroatoms. The van der Waals surface area contributed by atoms with Crippen LogP contribution in [0.5, 0.6) is 0 Å². The fourth-order valence-electron chi connectivity index (χ4n) is 1.26. The molecule has 0 saturated carbocycles. The van der Waals surface area contributed by atoms with E-state index in [0.29, 0.717) is 0 Å². The summed E-state index contributed by atoms with van der Waals surface area (Å²) in [7, 11) is 0. The van der Waals surface area contributed by atoms with E-state index in [4.69, 9.17) is 0 Å². The number of halogens is 1. The Morgan fingerprint density at radius 2 is 2.33 bits per heavy atom. The molecule has 0 atom stereocenters. The van der Waals surface area contributed by atoms with Crippen molar-refractivity contribution in [3.05, 3.63) is 35.6 Å². The third kappa shape index (κ3) is 1.30. The van der Waals surface area contributed by atoms with Crippen molar-refractivity contribution in [2.45, 2.75) is 6.42 Å². The Labute approximate surface area is 70.1 Å².